The molecule has 1 N–H and O–H groups in total. The summed E-state index contributed by atoms with van der Waals surface area (Å²) >= 11 is 1.45. The lowest BCUT2D eigenvalue weighted by Crippen LogP contribution is -2.20. The third kappa shape index (κ3) is 4.21. The molecule has 0 unspecified atom stereocenters. The molecule has 0 aliphatic heterocycles. The van der Waals surface area contributed by atoms with Gasteiger partial charge < -0.3 is 9.84 Å². The minimum atomic E-state index is -0.701. The van der Waals surface area contributed by atoms with Crippen LogP contribution in [0.5, 0.6) is 5.75 Å². The van der Waals surface area contributed by atoms with E-state index in [0.29, 0.717) is 5.75 Å². The molecule has 23 heavy (non-hydrogen) atoms. The van der Waals surface area contributed by atoms with Crippen LogP contribution < -0.4 is 4.74 Å². The van der Waals surface area contributed by atoms with Gasteiger partial charge in [-0.1, -0.05) is 36.4 Å². The molecular weight excluding hydrogens is 313 g/mol. The standard InChI is InChI=1S/C18H16FNO2S/c19-15-6-2-4-8-17(15)22-11-14(21)12-23-18-10-9-13-5-1-3-7-16(13)20-18/h1-10,14,21H,11-12H2/t14-/m0/s1. The number of nitrogens with zero attached hydrogens (tertiary/aromatic N) is 1. The molecule has 0 saturated heterocycles. The van der Waals surface area contributed by atoms with E-state index in [1.807, 2.05) is 36.4 Å². The highest BCUT2D eigenvalue weighted by Gasteiger charge is 2.09. The summed E-state index contributed by atoms with van der Waals surface area (Å²) < 4.78 is 18.7. The average Bonchev–Trinajstić information content (AvgIpc) is 2.59. The highest BCUT2D eigenvalue weighted by molar-refractivity contribution is 7.99. The van der Waals surface area contributed by atoms with Crippen LogP contribution in [0.4, 0.5) is 4.39 Å². The van der Waals surface area contributed by atoms with Crippen molar-refractivity contribution in [2.75, 3.05) is 12.4 Å². The molecule has 3 aromatic rings. The average molecular weight is 329 g/mol. The largest absolute Gasteiger partial charge is 0.488 e. The van der Waals surface area contributed by atoms with Gasteiger partial charge >= 0.3 is 0 Å². The zero-order chi connectivity index (χ0) is 16.1. The van der Waals surface area contributed by atoms with Gasteiger partial charge in [0.1, 0.15) is 6.61 Å². The summed E-state index contributed by atoms with van der Waals surface area (Å²) in [6.45, 7) is 0.0432. The van der Waals surface area contributed by atoms with Crippen LogP contribution in [0.1, 0.15) is 0 Å². The fourth-order valence-electron chi connectivity index (χ4n) is 2.11. The van der Waals surface area contributed by atoms with Gasteiger partial charge in [0.2, 0.25) is 0 Å². The number of rotatable bonds is 6. The molecular formula is C18H16FNO2S. The molecule has 1 aromatic heterocycles. The summed E-state index contributed by atoms with van der Waals surface area (Å²) in [5, 5.41) is 11.9. The number of fused-ring (bicyclic) bond motifs is 1. The second kappa shape index (κ2) is 7.44. The topological polar surface area (TPSA) is 42.4 Å². The van der Waals surface area contributed by atoms with Crippen molar-refractivity contribution < 1.29 is 14.2 Å². The van der Waals surface area contributed by atoms with Gasteiger partial charge in [-0.15, -0.1) is 11.8 Å². The summed E-state index contributed by atoms with van der Waals surface area (Å²) in [4.78, 5) is 4.53. The Morgan fingerprint density at radius 3 is 2.70 bits per heavy atom. The predicted octanol–water partition coefficient (Wildman–Crippen LogP) is 3.91. The molecule has 1 atom stereocenters. The van der Waals surface area contributed by atoms with Crippen LogP contribution >= 0.6 is 11.8 Å². The van der Waals surface area contributed by atoms with E-state index in [9.17, 15) is 9.50 Å². The summed E-state index contributed by atoms with van der Waals surface area (Å²) in [6.07, 6.45) is -0.701. The fraction of sp³-hybridized carbons (Fsp3) is 0.167. The number of hydrogen-bond acceptors (Lipinski definition) is 4. The maximum atomic E-state index is 13.4. The van der Waals surface area contributed by atoms with Crippen LogP contribution in [-0.2, 0) is 0 Å². The van der Waals surface area contributed by atoms with Gasteiger partial charge in [-0.2, -0.15) is 0 Å². The molecule has 0 fully saturated rings. The number of halogens is 1. The van der Waals surface area contributed by atoms with Crippen molar-refractivity contribution in [3.05, 3.63) is 66.5 Å². The lowest BCUT2D eigenvalue weighted by molar-refractivity contribution is 0.123. The zero-order valence-electron chi connectivity index (χ0n) is 12.4. The van der Waals surface area contributed by atoms with E-state index in [1.54, 1.807) is 18.2 Å². The molecule has 3 nitrogen and oxygen atoms in total. The number of hydrogen-bond donors (Lipinski definition) is 1. The minimum absolute atomic E-state index is 0.0432. The van der Waals surface area contributed by atoms with Crippen molar-refractivity contribution in [1.82, 2.24) is 4.98 Å². The van der Waals surface area contributed by atoms with Crippen LogP contribution in [0.3, 0.4) is 0 Å². The molecule has 1 heterocycles. The highest BCUT2D eigenvalue weighted by atomic mass is 32.2. The Balaban J connectivity index is 1.53. The second-order valence-electron chi connectivity index (χ2n) is 5.05. The van der Waals surface area contributed by atoms with E-state index in [-0.39, 0.29) is 12.4 Å². The summed E-state index contributed by atoms with van der Waals surface area (Å²) in [7, 11) is 0. The summed E-state index contributed by atoms with van der Waals surface area (Å²) in [6, 6.07) is 18.0. The summed E-state index contributed by atoms with van der Waals surface area (Å²) in [5.74, 6) is 0.156. The van der Waals surface area contributed by atoms with E-state index < -0.39 is 11.9 Å². The first-order valence-corrected chi connectivity index (χ1v) is 8.25. The Labute approximate surface area is 138 Å². The first-order chi connectivity index (χ1) is 11.2. The van der Waals surface area contributed by atoms with Gasteiger partial charge in [-0.3, -0.25) is 0 Å². The quantitative estimate of drug-likeness (QED) is 0.696. The maximum absolute atomic E-state index is 13.4. The van der Waals surface area contributed by atoms with E-state index in [1.165, 1.54) is 17.8 Å². The van der Waals surface area contributed by atoms with Gasteiger partial charge in [-0.25, -0.2) is 9.37 Å². The Hall–Kier alpha value is -2.11. The van der Waals surface area contributed by atoms with Gasteiger partial charge in [-0.05, 0) is 24.3 Å². The van der Waals surface area contributed by atoms with Gasteiger partial charge in [0, 0.05) is 11.1 Å². The number of benzene rings is 2. The molecule has 0 radical (unpaired) electrons. The van der Waals surface area contributed by atoms with Crippen LogP contribution in [0.2, 0.25) is 0 Å². The van der Waals surface area contributed by atoms with Crippen molar-refractivity contribution in [3.8, 4) is 5.75 Å². The molecule has 2 aromatic carbocycles. The van der Waals surface area contributed by atoms with E-state index in [2.05, 4.69) is 4.98 Å². The van der Waals surface area contributed by atoms with Crippen molar-refractivity contribution in [2.45, 2.75) is 11.1 Å². The van der Waals surface area contributed by atoms with Gasteiger partial charge in [0.05, 0.1) is 16.6 Å². The fourth-order valence-corrected chi connectivity index (χ4v) is 2.89. The Morgan fingerprint density at radius 1 is 1.04 bits per heavy atom. The molecule has 0 spiro atoms. The third-order valence-electron chi connectivity index (χ3n) is 3.26. The third-order valence-corrected chi connectivity index (χ3v) is 4.34. The molecule has 0 aliphatic rings. The lowest BCUT2D eigenvalue weighted by Gasteiger charge is -2.12. The summed E-state index contributed by atoms with van der Waals surface area (Å²) in [5.41, 5.74) is 0.926. The van der Waals surface area contributed by atoms with E-state index in [0.717, 1.165) is 15.9 Å². The maximum Gasteiger partial charge on any atom is 0.165 e. The number of aliphatic hydroxyl groups excluding tert-OH is 1. The smallest absolute Gasteiger partial charge is 0.165 e. The second-order valence-corrected chi connectivity index (χ2v) is 6.09. The molecule has 0 amide bonds. The van der Waals surface area contributed by atoms with Crippen LogP contribution in [-0.4, -0.2) is 28.6 Å². The number of thioether (sulfide) groups is 1. The predicted molar refractivity (Wildman–Crippen MR) is 90.4 cm³/mol. The molecule has 0 saturated carbocycles. The zero-order valence-corrected chi connectivity index (χ0v) is 13.2. The number of para-hydroxylation sites is 2. The van der Waals surface area contributed by atoms with E-state index >= 15 is 0 Å². The first-order valence-electron chi connectivity index (χ1n) is 7.26. The van der Waals surface area contributed by atoms with Crippen molar-refractivity contribution in [2.24, 2.45) is 0 Å². The van der Waals surface area contributed by atoms with Crippen molar-refractivity contribution in [1.29, 1.82) is 0 Å². The monoisotopic (exact) mass is 329 g/mol. The van der Waals surface area contributed by atoms with Crippen molar-refractivity contribution >= 4 is 22.7 Å². The minimum Gasteiger partial charge on any atom is -0.488 e. The van der Waals surface area contributed by atoms with Crippen LogP contribution in [0, 0.1) is 5.82 Å². The molecule has 118 valence electrons. The SMILES string of the molecule is O[C@@H](COc1ccccc1F)CSc1ccc2ccccc2n1. The van der Waals surface area contributed by atoms with Gasteiger partial charge in [0.25, 0.3) is 0 Å². The molecule has 0 aliphatic carbocycles. The number of aliphatic hydroxyl groups is 1. The number of pyridine rings is 1. The van der Waals surface area contributed by atoms with Gasteiger partial charge in [0.15, 0.2) is 11.6 Å². The molecule has 5 heteroatoms. The molecule has 0 bridgehead atoms. The van der Waals surface area contributed by atoms with Crippen LogP contribution in [0.15, 0.2) is 65.7 Å². The first kappa shape index (κ1) is 15.8. The Kier molecular flexibility index (Phi) is 5.10. The van der Waals surface area contributed by atoms with E-state index in [4.69, 9.17) is 4.74 Å². The highest BCUT2D eigenvalue weighted by Crippen LogP contribution is 2.21. The number of ether oxygens (including phenoxy) is 1. The Morgan fingerprint density at radius 2 is 1.83 bits per heavy atom. The van der Waals surface area contributed by atoms with Crippen molar-refractivity contribution in [3.63, 3.8) is 0 Å². The molecule has 3 rings (SSSR count). The number of aromatic nitrogens is 1. The Bertz CT molecular complexity index is 797. The lowest BCUT2D eigenvalue weighted by atomic mass is 10.2. The normalized spacial score (nSPS) is 12.3. The van der Waals surface area contributed by atoms with Crippen LogP contribution in [0.25, 0.3) is 10.9 Å².